The molecule has 1 aromatic heterocycles. The van der Waals surface area contributed by atoms with Crippen molar-refractivity contribution >= 4 is 40.7 Å². The first-order valence-electron chi connectivity index (χ1n) is 10.6. The van der Waals surface area contributed by atoms with E-state index >= 15 is 0 Å². The van der Waals surface area contributed by atoms with E-state index in [9.17, 15) is 9.59 Å². The Labute approximate surface area is 201 Å². The molecule has 0 unspecified atom stereocenters. The van der Waals surface area contributed by atoms with Crippen molar-refractivity contribution in [3.8, 4) is 11.3 Å². The summed E-state index contributed by atoms with van der Waals surface area (Å²) < 4.78 is 11.1. The highest BCUT2D eigenvalue weighted by Gasteiger charge is 2.21. The van der Waals surface area contributed by atoms with E-state index in [1.54, 1.807) is 47.5 Å². The van der Waals surface area contributed by atoms with E-state index in [4.69, 9.17) is 32.4 Å². The molecule has 1 aliphatic heterocycles. The zero-order chi connectivity index (χ0) is 23.4. The number of ether oxygens (including phenoxy) is 1. The Morgan fingerprint density at radius 2 is 1.94 bits per heavy atom. The second-order valence-corrected chi connectivity index (χ2v) is 8.52. The van der Waals surface area contributed by atoms with Crippen LogP contribution in [0, 0.1) is 6.92 Å². The summed E-state index contributed by atoms with van der Waals surface area (Å²) in [7, 11) is 0. The number of carbonyl (C=O) groups is 2. The molecule has 0 saturated carbocycles. The molecule has 1 saturated heterocycles. The Morgan fingerprint density at radius 1 is 1.15 bits per heavy atom. The number of anilines is 1. The first-order chi connectivity index (χ1) is 15.9. The van der Waals surface area contributed by atoms with Crippen molar-refractivity contribution in [1.29, 1.82) is 0 Å². The summed E-state index contributed by atoms with van der Waals surface area (Å²) in [6, 6.07) is 10.4. The van der Waals surface area contributed by atoms with Crippen molar-refractivity contribution in [1.82, 2.24) is 9.88 Å². The third-order valence-electron chi connectivity index (χ3n) is 5.45. The molecule has 9 heteroatoms. The largest absolute Gasteiger partial charge is 0.441 e. The minimum absolute atomic E-state index is 0.0555. The van der Waals surface area contributed by atoms with E-state index < -0.39 is 0 Å². The highest BCUT2D eigenvalue weighted by Crippen LogP contribution is 2.31. The molecule has 0 bridgehead atoms. The van der Waals surface area contributed by atoms with Crippen LogP contribution in [-0.2, 0) is 16.0 Å². The van der Waals surface area contributed by atoms with Crippen molar-refractivity contribution in [3.63, 3.8) is 0 Å². The van der Waals surface area contributed by atoms with Gasteiger partial charge in [0.1, 0.15) is 0 Å². The highest BCUT2D eigenvalue weighted by molar-refractivity contribution is 6.36. The van der Waals surface area contributed by atoms with Crippen LogP contribution in [0.1, 0.15) is 28.2 Å². The molecule has 7 nitrogen and oxygen atoms in total. The van der Waals surface area contributed by atoms with Crippen LogP contribution >= 0.6 is 23.2 Å². The van der Waals surface area contributed by atoms with Crippen molar-refractivity contribution in [2.75, 3.05) is 31.6 Å². The van der Waals surface area contributed by atoms with Crippen molar-refractivity contribution < 1.29 is 18.7 Å². The summed E-state index contributed by atoms with van der Waals surface area (Å²) in [4.78, 5) is 31.4. The fourth-order valence-electron chi connectivity index (χ4n) is 3.61. The molecule has 0 atom stereocenters. The lowest BCUT2D eigenvalue weighted by Crippen LogP contribution is -2.41. The number of amides is 2. The van der Waals surface area contributed by atoms with Gasteiger partial charge in [0.25, 0.3) is 5.91 Å². The first-order valence-corrected chi connectivity index (χ1v) is 11.3. The maximum absolute atomic E-state index is 12.9. The molecule has 2 heterocycles. The molecule has 1 fully saturated rings. The predicted molar refractivity (Wildman–Crippen MR) is 127 cm³/mol. The molecule has 3 aromatic rings. The lowest BCUT2D eigenvalue weighted by molar-refractivity contribution is -0.116. The average Bonchev–Trinajstić information content (AvgIpc) is 3.28. The van der Waals surface area contributed by atoms with Crippen LogP contribution in [-0.4, -0.2) is 48.0 Å². The molecule has 2 aromatic carbocycles. The minimum atomic E-state index is -0.196. The lowest BCUT2D eigenvalue weighted by atomic mass is 10.0. The number of rotatable bonds is 6. The van der Waals surface area contributed by atoms with Gasteiger partial charge in [0.15, 0.2) is 11.7 Å². The van der Waals surface area contributed by atoms with Gasteiger partial charge in [0.2, 0.25) is 5.91 Å². The van der Waals surface area contributed by atoms with Crippen molar-refractivity contribution in [2.24, 2.45) is 0 Å². The normalized spacial score (nSPS) is 13.7. The van der Waals surface area contributed by atoms with E-state index in [0.717, 1.165) is 5.56 Å². The third kappa shape index (κ3) is 5.55. The molecule has 1 N–H and O–H groups in total. The number of oxazole rings is 1. The Kier molecular flexibility index (Phi) is 7.33. The van der Waals surface area contributed by atoms with Crippen LogP contribution in [0.3, 0.4) is 0 Å². The number of nitrogens with one attached hydrogen (secondary N) is 1. The summed E-state index contributed by atoms with van der Waals surface area (Å²) >= 11 is 12.2. The van der Waals surface area contributed by atoms with Gasteiger partial charge in [-0.25, -0.2) is 4.98 Å². The molecule has 0 spiro atoms. The maximum atomic E-state index is 12.9. The van der Waals surface area contributed by atoms with E-state index in [2.05, 4.69) is 10.3 Å². The smallest absolute Gasteiger partial charge is 0.254 e. The van der Waals surface area contributed by atoms with Gasteiger partial charge in [0, 0.05) is 47.8 Å². The Balaban J connectivity index is 1.37. The van der Waals surface area contributed by atoms with E-state index in [1.165, 1.54) is 0 Å². The standard InChI is InChI=1S/C24H23Cl2N3O4/c1-15-17(24(31)29-9-11-32-12-10-29)3-2-4-20(15)28-22(30)7-8-23-27-14-21(33-23)18-6-5-16(25)13-19(18)26/h2-6,13-14H,7-12H2,1H3,(H,28,30). The zero-order valence-corrected chi connectivity index (χ0v) is 19.6. The minimum Gasteiger partial charge on any atom is -0.441 e. The summed E-state index contributed by atoms with van der Waals surface area (Å²) in [6.45, 7) is 4.03. The number of hydrogen-bond acceptors (Lipinski definition) is 5. The Hall–Kier alpha value is -2.87. The fourth-order valence-corrected chi connectivity index (χ4v) is 4.11. The Bertz CT molecular complexity index is 1170. The topological polar surface area (TPSA) is 84.7 Å². The van der Waals surface area contributed by atoms with Gasteiger partial charge in [-0.15, -0.1) is 0 Å². The second-order valence-electron chi connectivity index (χ2n) is 7.67. The lowest BCUT2D eigenvalue weighted by Gasteiger charge is -2.27. The SMILES string of the molecule is Cc1c(NC(=O)CCc2ncc(-c3ccc(Cl)cc3Cl)o2)cccc1C(=O)N1CCOCC1. The number of morpholine rings is 1. The molecule has 4 rings (SSSR count). The summed E-state index contributed by atoms with van der Waals surface area (Å²) in [6.07, 6.45) is 2.07. The maximum Gasteiger partial charge on any atom is 0.254 e. The molecular weight excluding hydrogens is 465 g/mol. The van der Waals surface area contributed by atoms with E-state index in [0.29, 0.717) is 71.2 Å². The van der Waals surface area contributed by atoms with E-state index in [-0.39, 0.29) is 18.2 Å². The average molecular weight is 488 g/mol. The number of benzene rings is 2. The third-order valence-corrected chi connectivity index (χ3v) is 6.00. The molecule has 0 radical (unpaired) electrons. The highest BCUT2D eigenvalue weighted by atomic mass is 35.5. The number of halogens is 2. The first kappa shape index (κ1) is 23.3. The van der Waals surface area contributed by atoms with Crippen LogP contribution < -0.4 is 5.32 Å². The summed E-state index contributed by atoms with van der Waals surface area (Å²) in [5.74, 6) is 0.690. The van der Waals surface area contributed by atoms with Gasteiger partial charge < -0.3 is 19.4 Å². The van der Waals surface area contributed by atoms with Gasteiger partial charge >= 0.3 is 0 Å². The van der Waals surface area contributed by atoms with Crippen LogP contribution in [0.4, 0.5) is 5.69 Å². The molecule has 0 aliphatic carbocycles. The quantitative estimate of drug-likeness (QED) is 0.528. The van der Waals surface area contributed by atoms with Gasteiger partial charge in [-0.1, -0.05) is 29.3 Å². The predicted octanol–water partition coefficient (Wildman–Crippen LogP) is 5.00. The summed E-state index contributed by atoms with van der Waals surface area (Å²) in [5, 5.41) is 3.89. The summed E-state index contributed by atoms with van der Waals surface area (Å²) in [5.41, 5.74) is 2.60. The van der Waals surface area contributed by atoms with Gasteiger partial charge in [-0.3, -0.25) is 9.59 Å². The number of aromatic nitrogens is 1. The van der Waals surface area contributed by atoms with Gasteiger partial charge in [0.05, 0.1) is 24.4 Å². The molecule has 2 amide bonds. The van der Waals surface area contributed by atoms with Crippen molar-refractivity contribution in [2.45, 2.75) is 19.8 Å². The number of hydrogen-bond donors (Lipinski definition) is 1. The van der Waals surface area contributed by atoms with E-state index in [1.807, 2.05) is 6.92 Å². The van der Waals surface area contributed by atoms with Gasteiger partial charge in [-0.05, 0) is 42.8 Å². The molecule has 1 aliphatic rings. The zero-order valence-electron chi connectivity index (χ0n) is 18.1. The van der Waals surface area contributed by atoms with Crippen molar-refractivity contribution in [3.05, 3.63) is 69.7 Å². The molecule has 33 heavy (non-hydrogen) atoms. The van der Waals surface area contributed by atoms with Gasteiger partial charge in [-0.2, -0.15) is 0 Å². The second kappa shape index (κ2) is 10.4. The number of nitrogens with zero attached hydrogens (tertiary/aromatic N) is 2. The molecular formula is C24H23Cl2N3O4. The van der Waals surface area contributed by atoms with Crippen LogP contribution in [0.2, 0.25) is 10.0 Å². The molecule has 172 valence electrons. The number of carbonyl (C=O) groups excluding carboxylic acids is 2. The van der Waals surface area contributed by atoms with Crippen LogP contribution in [0.25, 0.3) is 11.3 Å². The number of aryl methyl sites for hydroxylation is 1. The monoisotopic (exact) mass is 487 g/mol. The van der Waals surface area contributed by atoms with Crippen LogP contribution in [0.5, 0.6) is 0 Å². The fraction of sp³-hybridized carbons (Fsp3) is 0.292. The van der Waals surface area contributed by atoms with Crippen LogP contribution in [0.15, 0.2) is 47.0 Å². The Morgan fingerprint density at radius 3 is 2.70 bits per heavy atom.